The average Bonchev–Trinajstić information content (AvgIpc) is 2.80. The number of aliphatic carboxylic acids is 1. The van der Waals surface area contributed by atoms with Crippen LogP contribution in [0.25, 0.3) is 0 Å². The van der Waals surface area contributed by atoms with Crippen LogP contribution in [0.1, 0.15) is 19.8 Å². The molecule has 2 amide bonds. The SMILES string of the molecule is CC(NC(=O)N1CC(C(=O)O)C1)C1CC1. The lowest BCUT2D eigenvalue weighted by Gasteiger charge is -2.37. The highest BCUT2D eigenvalue weighted by Gasteiger charge is 2.37. The summed E-state index contributed by atoms with van der Waals surface area (Å²) in [5, 5.41) is 11.6. The van der Waals surface area contributed by atoms with Gasteiger partial charge in [-0.15, -0.1) is 0 Å². The molecule has 0 bridgehead atoms. The third kappa shape index (κ3) is 2.22. The summed E-state index contributed by atoms with van der Waals surface area (Å²) in [6.45, 7) is 2.70. The smallest absolute Gasteiger partial charge is 0.317 e. The Balaban J connectivity index is 1.71. The summed E-state index contributed by atoms with van der Waals surface area (Å²) in [4.78, 5) is 23.6. The summed E-state index contributed by atoms with van der Waals surface area (Å²) < 4.78 is 0. The molecule has 5 nitrogen and oxygen atoms in total. The molecule has 2 rings (SSSR count). The van der Waals surface area contributed by atoms with Gasteiger partial charge in [-0.1, -0.05) is 0 Å². The molecule has 0 aromatic heterocycles. The molecule has 5 heteroatoms. The van der Waals surface area contributed by atoms with Crippen LogP contribution in [-0.2, 0) is 4.79 Å². The molecule has 1 unspecified atom stereocenters. The van der Waals surface area contributed by atoms with Gasteiger partial charge in [-0.05, 0) is 25.7 Å². The minimum atomic E-state index is -0.811. The lowest BCUT2D eigenvalue weighted by Crippen LogP contribution is -2.57. The molecular weight excluding hydrogens is 196 g/mol. The van der Waals surface area contributed by atoms with Gasteiger partial charge in [0.2, 0.25) is 0 Å². The van der Waals surface area contributed by atoms with Crippen LogP contribution in [0.4, 0.5) is 4.79 Å². The van der Waals surface area contributed by atoms with Crippen molar-refractivity contribution in [3.63, 3.8) is 0 Å². The predicted octanol–water partition coefficient (Wildman–Crippen LogP) is 0.511. The lowest BCUT2D eigenvalue weighted by atomic mass is 10.0. The van der Waals surface area contributed by atoms with E-state index in [1.807, 2.05) is 6.92 Å². The molecule has 2 N–H and O–H groups in total. The van der Waals surface area contributed by atoms with Gasteiger partial charge in [0, 0.05) is 19.1 Å². The minimum Gasteiger partial charge on any atom is -0.481 e. The highest BCUT2D eigenvalue weighted by Crippen LogP contribution is 2.32. The first kappa shape index (κ1) is 10.3. The van der Waals surface area contributed by atoms with Crippen molar-refractivity contribution in [3.05, 3.63) is 0 Å². The van der Waals surface area contributed by atoms with E-state index in [9.17, 15) is 9.59 Å². The van der Waals surface area contributed by atoms with Crippen LogP contribution in [0.5, 0.6) is 0 Å². The first-order valence-corrected chi connectivity index (χ1v) is 5.36. The van der Waals surface area contributed by atoms with Gasteiger partial charge in [0.05, 0.1) is 5.92 Å². The predicted molar refractivity (Wildman–Crippen MR) is 53.4 cm³/mol. The Morgan fingerprint density at radius 1 is 1.40 bits per heavy atom. The average molecular weight is 212 g/mol. The number of carboxylic acid groups (broad SMARTS) is 1. The monoisotopic (exact) mass is 212 g/mol. The largest absolute Gasteiger partial charge is 0.481 e. The number of hydrogen-bond donors (Lipinski definition) is 2. The van der Waals surface area contributed by atoms with E-state index in [0.29, 0.717) is 19.0 Å². The zero-order valence-electron chi connectivity index (χ0n) is 8.77. The number of carbonyl (C=O) groups excluding carboxylic acids is 1. The van der Waals surface area contributed by atoms with Crippen LogP contribution in [0, 0.1) is 11.8 Å². The third-order valence-corrected chi connectivity index (χ3v) is 3.20. The maximum atomic E-state index is 11.6. The summed E-state index contributed by atoms with van der Waals surface area (Å²) >= 11 is 0. The second kappa shape index (κ2) is 3.72. The molecule has 0 spiro atoms. The van der Waals surface area contributed by atoms with Gasteiger partial charge >= 0.3 is 12.0 Å². The summed E-state index contributed by atoms with van der Waals surface area (Å²) in [6, 6.07) is 0.105. The number of urea groups is 1. The summed E-state index contributed by atoms with van der Waals surface area (Å²) in [7, 11) is 0. The Labute approximate surface area is 88.4 Å². The standard InChI is InChI=1S/C10H16N2O3/c1-6(7-2-3-7)11-10(15)12-4-8(5-12)9(13)14/h6-8H,2-5H2,1H3,(H,11,15)(H,13,14). The van der Waals surface area contributed by atoms with Crippen molar-refractivity contribution in [1.29, 1.82) is 0 Å². The molecule has 2 aliphatic rings. The molecule has 1 saturated heterocycles. The molecule has 0 aromatic rings. The van der Waals surface area contributed by atoms with E-state index < -0.39 is 5.97 Å². The number of rotatable bonds is 3. The van der Waals surface area contributed by atoms with Crippen molar-refractivity contribution in [2.45, 2.75) is 25.8 Å². The van der Waals surface area contributed by atoms with E-state index in [1.165, 1.54) is 12.8 Å². The molecule has 0 aromatic carbocycles. The second-order valence-electron chi connectivity index (χ2n) is 4.52. The van der Waals surface area contributed by atoms with Crippen molar-refractivity contribution >= 4 is 12.0 Å². The highest BCUT2D eigenvalue weighted by atomic mass is 16.4. The van der Waals surface area contributed by atoms with Crippen molar-refractivity contribution < 1.29 is 14.7 Å². The number of amides is 2. The molecule has 15 heavy (non-hydrogen) atoms. The van der Waals surface area contributed by atoms with Gasteiger partial charge < -0.3 is 15.3 Å². The fourth-order valence-corrected chi connectivity index (χ4v) is 1.80. The summed E-state index contributed by atoms with van der Waals surface area (Å²) in [5.74, 6) is -0.549. The van der Waals surface area contributed by atoms with E-state index in [1.54, 1.807) is 4.90 Å². The molecular formula is C10H16N2O3. The topological polar surface area (TPSA) is 69.6 Å². The summed E-state index contributed by atoms with van der Waals surface area (Å²) in [5.41, 5.74) is 0. The second-order valence-corrected chi connectivity index (χ2v) is 4.52. The molecule has 1 heterocycles. The van der Waals surface area contributed by atoms with Crippen LogP contribution < -0.4 is 5.32 Å². The van der Waals surface area contributed by atoms with Crippen LogP contribution in [-0.4, -0.2) is 41.1 Å². The number of likely N-dealkylation sites (tertiary alicyclic amines) is 1. The molecule has 0 radical (unpaired) electrons. The zero-order chi connectivity index (χ0) is 11.0. The van der Waals surface area contributed by atoms with E-state index in [0.717, 1.165) is 0 Å². The Kier molecular flexibility index (Phi) is 2.54. The number of hydrogen-bond acceptors (Lipinski definition) is 2. The fraction of sp³-hybridized carbons (Fsp3) is 0.800. The molecule has 1 atom stereocenters. The Hall–Kier alpha value is -1.26. The number of carboxylic acids is 1. The fourth-order valence-electron chi connectivity index (χ4n) is 1.80. The summed E-state index contributed by atoms with van der Waals surface area (Å²) in [6.07, 6.45) is 2.39. The van der Waals surface area contributed by atoms with E-state index in [-0.39, 0.29) is 18.0 Å². The third-order valence-electron chi connectivity index (χ3n) is 3.20. The van der Waals surface area contributed by atoms with Gasteiger partial charge in [-0.2, -0.15) is 0 Å². The van der Waals surface area contributed by atoms with Crippen LogP contribution in [0.2, 0.25) is 0 Å². The van der Waals surface area contributed by atoms with Crippen molar-refractivity contribution in [2.75, 3.05) is 13.1 Å². The lowest BCUT2D eigenvalue weighted by molar-refractivity contribution is -0.146. The van der Waals surface area contributed by atoms with Gasteiger partial charge in [0.15, 0.2) is 0 Å². The Bertz CT molecular complexity index is 282. The first-order chi connectivity index (χ1) is 7.08. The zero-order valence-corrected chi connectivity index (χ0v) is 8.77. The quantitative estimate of drug-likeness (QED) is 0.716. The van der Waals surface area contributed by atoms with Gasteiger partial charge in [-0.3, -0.25) is 4.79 Å². The van der Waals surface area contributed by atoms with Crippen LogP contribution in [0.15, 0.2) is 0 Å². The molecule has 2 fully saturated rings. The normalized spacial score (nSPS) is 23.1. The van der Waals surface area contributed by atoms with Crippen molar-refractivity contribution in [1.82, 2.24) is 10.2 Å². The van der Waals surface area contributed by atoms with Gasteiger partial charge in [0.1, 0.15) is 0 Å². The van der Waals surface area contributed by atoms with Gasteiger partial charge in [0.25, 0.3) is 0 Å². The maximum Gasteiger partial charge on any atom is 0.317 e. The minimum absolute atomic E-state index is 0.119. The Morgan fingerprint density at radius 2 is 2.00 bits per heavy atom. The van der Waals surface area contributed by atoms with E-state index >= 15 is 0 Å². The van der Waals surface area contributed by atoms with E-state index in [2.05, 4.69) is 5.32 Å². The van der Waals surface area contributed by atoms with Crippen molar-refractivity contribution in [3.8, 4) is 0 Å². The molecule has 1 aliphatic carbocycles. The molecule has 1 aliphatic heterocycles. The van der Waals surface area contributed by atoms with Crippen molar-refractivity contribution in [2.24, 2.45) is 11.8 Å². The number of nitrogens with zero attached hydrogens (tertiary/aromatic N) is 1. The maximum absolute atomic E-state index is 11.6. The van der Waals surface area contributed by atoms with Crippen LogP contribution in [0.3, 0.4) is 0 Å². The number of carbonyl (C=O) groups is 2. The van der Waals surface area contributed by atoms with E-state index in [4.69, 9.17) is 5.11 Å². The highest BCUT2D eigenvalue weighted by molar-refractivity contribution is 5.79. The first-order valence-electron chi connectivity index (χ1n) is 5.36. The number of nitrogens with one attached hydrogen (secondary N) is 1. The Morgan fingerprint density at radius 3 is 2.47 bits per heavy atom. The van der Waals surface area contributed by atoms with Crippen LogP contribution >= 0.6 is 0 Å². The molecule has 1 saturated carbocycles. The molecule has 84 valence electrons. The van der Waals surface area contributed by atoms with Gasteiger partial charge in [-0.25, -0.2) is 4.79 Å².